The van der Waals surface area contributed by atoms with Gasteiger partial charge in [-0.25, -0.2) is 0 Å². The standard InChI is InChI=1S/C25H29N3O3/c1-3-19-8-10-20(11-9-19)25(30)28(21-12-13-21)18-24(29)27(17-23-7-5-15-31-23)16-22-6-4-14-26(22)2/h4-11,14-15,21H,3,12-13,16-18H2,1-2H3. The van der Waals surface area contributed by atoms with Crippen LogP contribution < -0.4 is 0 Å². The summed E-state index contributed by atoms with van der Waals surface area (Å²) in [5.41, 5.74) is 2.86. The molecule has 0 N–H and O–H groups in total. The SMILES string of the molecule is CCc1ccc(C(=O)N(CC(=O)N(Cc2ccco2)Cc2cccn2C)C2CC2)cc1. The number of nitrogens with zero attached hydrogens (tertiary/aromatic N) is 3. The van der Waals surface area contributed by atoms with Crippen molar-refractivity contribution in [3.05, 3.63) is 83.6 Å². The van der Waals surface area contributed by atoms with E-state index in [1.165, 1.54) is 5.56 Å². The summed E-state index contributed by atoms with van der Waals surface area (Å²) in [5, 5.41) is 0. The van der Waals surface area contributed by atoms with Gasteiger partial charge in [0.15, 0.2) is 0 Å². The number of amides is 2. The van der Waals surface area contributed by atoms with Crippen LogP contribution in [0.4, 0.5) is 0 Å². The molecule has 0 spiro atoms. The van der Waals surface area contributed by atoms with Crippen LogP contribution in [0.3, 0.4) is 0 Å². The number of carbonyl (C=O) groups excluding carboxylic acids is 2. The molecule has 1 saturated carbocycles. The quantitative estimate of drug-likeness (QED) is 0.526. The Balaban J connectivity index is 1.51. The van der Waals surface area contributed by atoms with Crippen molar-refractivity contribution < 1.29 is 14.0 Å². The van der Waals surface area contributed by atoms with Crippen LogP contribution in [-0.4, -0.2) is 38.8 Å². The van der Waals surface area contributed by atoms with E-state index in [1.54, 1.807) is 16.1 Å². The van der Waals surface area contributed by atoms with Gasteiger partial charge in [-0.3, -0.25) is 9.59 Å². The van der Waals surface area contributed by atoms with E-state index in [4.69, 9.17) is 4.42 Å². The lowest BCUT2D eigenvalue weighted by Gasteiger charge is -2.27. The van der Waals surface area contributed by atoms with E-state index < -0.39 is 0 Å². The molecule has 2 heterocycles. The first-order valence-electron chi connectivity index (χ1n) is 10.9. The summed E-state index contributed by atoms with van der Waals surface area (Å²) in [6.45, 7) is 2.99. The molecule has 0 aliphatic heterocycles. The second-order valence-electron chi connectivity index (χ2n) is 8.15. The number of hydrogen-bond donors (Lipinski definition) is 0. The smallest absolute Gasteiger partial charge is 0.254 e. The third kappa shape index (κ3) is 5.08. The van der Waals surface area contributed by atoms with E-state index >= 15 is 0 Å². The van der Waals surface area contributed by atoms with Crippen LogP contribution in [0.25, 0.3) is 0 Å². The van der Waals surface area contributed by atoms with E-state index in [9.17, 15) is 9.59 Å². The molecule has 162 valence electrons. The molecule has 1 aromatic carbocycles. The van der Waals surface area contributed by atoms with Gasteiger partial charge in [0.1, 0.15) is 12.3 Å². The van der Waals surface area contributed by atoms with Crippen LogP contribution in [0, 0.1) is 0 Å². The number of benzene rings is 1. The highest BCUT2D eigenvalue weighted by Crippen LogP contribution is 2.28. The fraction of sp³-hybridized carbons (Fsp3) is 0.360. The Labute approximate surface area is 183 Å². The lowest BCUT2D eigenvalue weighted by molar-refractivity contribution is -0.133. The maximum absolute atomic E-state index is 13.4. The number of rotatable bonds is 9. The highest BCUT2D eigenvalue weighted by molar-refractivity contribution is 5.97. The second kappa shape index (κ2) is 9.25. The van der Waals surface area contributed by atoms with E-state index in [0.717, 1.165) is 30.7 Å². The first-order valence-corrected chi connectivity index (χ1v) is 10.9. The van der Waals surface area contributed by atoms with Crippen molar-refractivity contribution in [2.24, 2.45) is 7.05 Å². The summed E-state index contributed by atoms with van der Waals surface area (Å²) in [6, 6.07) is 15.5. The molecule has 0 bridgehead atoms. The Hall–Kier alpha value is -3.28. The lowest BCUT2D eigenvalue weighted by Crippen LogP contribution is -2.43. The molecule has 4 rings (SSSR count). The van der Waals surface area contributed by atoms with Crippen molar-refractivity contribution in [1.29, 1.82) is 0 Å². The molecular formula is C25H29N3O3. The first kappa shape index (κ1) is 21.0. The number of hydrogen-bond acceptors (Lipinski definition) is 3. The molecule has 6 nitrogen and oxygen atoms in total. The zero-order valence-corrected chi connectivity index (χ0v) is 18.2. The fourth-order valence-electron chi connectivity index (χ4n) is 3.73. The summed E-state index contributed by atoms with van der Waals surface area (Å²) in [5.74, 6) is 0.570. The molecule has 6 heteroatoms. The Morgan fingerprint density at radius 3 is 2.42 bits per heavy atom. The zero-order valence-electron chi connectivity index (χ0n) is 18.2. The van der Waals surface area contributed by atoms with Gasteiger partial charge in [0.05, 0.1) is 19.4 Å². The summed E-state index contributed by atoms with van der Waals surface area (Å²) in [6.07, 6.45) is 6.40. The molecule has 1 fully saturated rings. The normalized spacial score (nSPS) is 13.2. The van der Waals surface area contributed by atoms with Gasteiger partial charge >= 0.3 is 0 Å². The van der Waals surface area contributed by atoms with Gasteiger partial charge in [0.25, 0.3) is 5.91 Å². The highest BCUT2D eigenvalue weighted by Gasteiger charge is 2.35. The molecule has 31 heavy (non-hydrogen) atoms. The van der Waals surface area contributed by atoms with E-state index in [1.807, 2.05) is 66.3 Å². The monoisotopic (exact) mass is 419 g/mol. The average molecular weight is 420 g/mol. The molecule has 2 amide bonds. The number of furan rings is 1. The minimum Gasteiger partial charge on any atom is -0.467 e. The second-order valence-corrected chi connectivity index (χ2v) is 8.15. The molecular weight excluding hydrogens is 390 g/mol. The molecule has 0 unspecified atom stereocenters. The topological polar surface area (TPSA) is 58.7 Å². The summed E-state index contributed by atoms with van der Waals surface area (Å²) >= 11 is 0. The first-order chi connectivity index (χ1) is 15.0. The van der Waals surface area contributed by atoms with Gasteiger partial charge in [-0.15, -0.1) is 0 Å². The number of carbonyl (C=O) groups is 2. The lowest BCUT2D eigenvalue weighted by atomic mass is 10.1. The summed E-state index contributed by atoms with van der Waals surface area (Å²) < 4.78 is 7.49. The van der Waals surface area contributed by atoms with Crippen molar-refractivity contribution in [3.63, 3.8) is 0 Å². The van der Waals surface area contributed by atoms with Crippen LogP contribution in [0.15, 0.2) is 65.4 Å². The van der Waals surface area contributed by atoms with E-state index in [0.29, 0.717) is 18.7 Å². The maximum atomic E-state index is 13.4. The predicted molar refractivity (Wildman–Crippen MR) is 118 cm³/mol. The van der Waals surface area contributed by atoms with E-state index in [2.05, 4.69) is 6.92 Å². The predicted octanol–water partition coefficient (Wildman–Crippen LogP) is 4.01. The molecule has 1 aliphatic carbocycles. The van der Waals surface area contributed by atoms with Gasteiger partial charge in [-0.1, -0.05) is 19.1 Å². The largest absolute Gasteiger partial charge is 0.467 e. The Kier molecular flexibility index (Phi) is 6.26. The minimum absolute atomic E-state index is 0.0736. The molecule has 0 radical (unpaired) electrons. The van der Waals surface area contributed by atoms with Crippen LogP contribution in [0.5, 0.6) is 0 Å². The van der Waals surface area contributed by atoms with Crippen LogP contribution in [0.1, 0.15) is 47.1 Å². The van der Waals surface area contributed by atoms with Gasteiger partial charge in [0.2, 0.25) is 5.91 Å². The Morgan fingerprint density at radius 2 is 1.84 bits per heavy atom. The van der Waals surface area contributed by atoms with Crippen molar-refractivity contribution in [1.82, 2.24) is 14.4 Å². The molecule has 3 aromatic rings. The van der Waals surface area contributed by atoms with Gasteiger partial charge in [-0.2, -0.15) is 0 Å². The molecule has 0 saturated heterocycles. The highest BCUT2D eigenvalue weighted by atomic mass is 16.3. The van der Waals surface area contributed by atoms with Crippen molar-refractivity contribution in [3.8, 4) is 0 Å². The van der Waals surface area contributed by atoms with Gasteiger partial charge in [-0.05, 0) is 61.2 Å². The van der Waals surface area contributed by atoms with Crippen LogP contribution >= 0.6 is 0 Å². The molecule has 2 aromatic heterocycles. The number of aromatic nitrogens is 1. The molecule has 0 atom stereocenters. The van der Waals surface area contributed by atoms with Gasteiger partial charge < -0.3 is 18.8 Å². The third-order valence-electron chi connectivity index (χ3n) is 5.85. The van der Waals surface area contributed by atoms with Gasteiger partial charge in [0, 0.05) is 30.5 Å². The van der Waals surface area contributed by atoms with Crippen LogP contribution in [-0.2, 0) is 31.4 Å². The van der Waals surface area contributed by atoms with Crippen molar-refractivity contribution in [2.45, 2.75) is 45.3 Å². The number of aryl methyl sites for hydroxylation is 2. The van der Waals surface area contributed by atoms with Crippen molar-refractivity contribution in [2.75, 3.05) is 6.54 Å². The maximum Gasteiger partial charge on any atom is 0.254 e. The Morgan fingerprint density at radius 1 is 1.06 bits per heavy atom. The van der Waals surface area contributed by atoms with Crippen molar-refractivity contribution >= 4 is 11.8 Å². The average Bonchev–Trinajstić information content (AvgIpc) is 3.35. The third-order valence-corrected chi connectivity index (χ3v) is 5.85. The molecule has 1 aliphatic rings. The fourth-order valence-corrected chi connectivity index (χ4v) is 3.73. The minimum atomic E-state index is -0.0805. The zero-order chi connectivity index (χ0) is 21.8. The summed E-state index contributed by atoms with van der Waals surface area (Å²) in [4.78, 5) is 30.1. The Bertz CT molecular complexity index is 1020. The summed E-state index contributed by atoms with van der Waals surface area (Å²) in [7, 11) is 1.96. The van der Waals surface area contributed by atoms with E-state index in [-0.39, 0.29) is 24.4 Å². The van der Waals surface area contributed by atoms with Crippen LogP contribution in [0.2, 0.25) is 0 Å².